The van der Waals surface area contributed by atoms with Crippen LogP contribution in [-0.2, 0) is 11.3 Å². The van der Waals surface area contributed by atoms with Crippen LogP contribution in [0.5, 0.6) is 0 Å². The first-order chi connectivity index (χ1) is 10.4. The minimum absolute atomic E-state index is 0.553. The molecule has 1 fully saturated rings. The SMILES string of the molecule is c1csc(-c2nc3cccnc3n2CC2CCCOC2)c1. The lowest BCUT2D eigenvalue weighted by Crippen LogP contribution is -2.22. The molecule has 0 amide bonds. The first kappa shape index (κ1) is 13.0. The normalized spacial score (nSPS) is 19.1. The summed E-state index contributed by atoms with van der Waals surface area (Å²) in [6.07, 6.45) is 4.21. The molecule has 4 nitrogen and oxygen atoms in total. The van der Waals surface area contributed by atoms with Crippen molar-refractivity contribution < 1.29 is 4.74 Å². The van der Waals surface area contributed by atoms with Gasteiger partial charge < -0.3 is 9.30 Å². The highest BCUT2D eigenvalue weighted by atomic mass is 32.1. The fraction of sp³-hybridized carbons (Fsp3) is 0.375. The number of pyridine rings is 1. The number of ether oxygens (including phenoxy) is 1. The molecule has 108 valence electrons. The van der Waals surface area contributed by atoms with Gasteiger partial charge in [0, 0.05) is 25.3 Å². The van der Waals surface area contributed by atoms with Crippen molar-refractivity contribution in [1.82, 2.24) is 14.5 Å². The van der Waals surface area contributed by atoms with Crippen LogP contribution in [0, 0.1) is 5.92 Å². The van der Waals surface area contributed by atoms with Gasteiger partial charge >= 0.3 is 0 Å². The number of fused-ring (bicyclic) bond motifs is 1. The highest BCUT2D eigenvalue weighted by molar-refractivity contribution is 7.13. The second kappa shape index (κ2) is 5.58. The van der Waals surface area contributed by atoms with Gasteiger partial charge in [0.15, 0.2) is 11.5 Å². The molecule has 5 heteroatoms. The molecular formula is C16H17N3OS. The van der Waals surface area contributed by atoms with Gasteiger partial charge in [0.25, 0.3) is 0 Å². The zero-order valence-electron chi connectivity index (χ0n) is 11.7. The molecule has 4 rings (SSSR count). The summed E-state index contributed by atoms with van der Waals surface area (Å²) in [7, 11) is 0. The zero-order valence-corrected chi connectivity index (χ0v) is 12.6. The van der Waals surface area contributed by atoms with Crippen LogP contribution in [0.2, 0.25) is 0 Å². The van der Waals surface area contributed by atoms with Gasteiger partial charge in [-0.3, -0.25) is 0 Å². The van der Waals surface area contributed by atoms with Gasteiger partial charge in [0.05, 0.1) is 11.5 Å². The third kappa shape index (κ3) is 2.47. The van der Waals surface area contributed by atoms with E-state index >= 15 is 0 Å². The number of aromatic nitrogens is 3. The van der Waals surface area contributed by atoms with E-state index in [1.165, 1.54) is 11.3 Å². The molecule has 1 saturated heterocycles. The van der Waals surface area contributed by atoms with E-state index in [-0.39, 0.29) is 0 Å². The molecule has 3 aromatic heterocycles. The molecule has 4 heterocycles. The molecule has 21 heavy (non-hydrogen) atoms. The zero-order chi connectivity index (χ0) is 14.1. The number of hydrogen-bond acceptors (Lipinski definition) is 4. The van der Waals surface area contributed by atoms with E-state index in [0.29, 0.717) is 5.92 Å². The van der Waals surface area contributed by atoms with Crippen LogP contribution in [0.3, 0.4) is 0 Å². The Balaban J connectivity index is 1.78. The Morgan fingerprint density at radius 1 is 1.33 bits per heavy atom. The van der Waals surface area contributed by atoms with Crippen LogP contribution >= 0.6 is 11.3 Å². The van der Waals surface area contributed by atoms with Gasteiger partial charge in [-0.05, 0) is 36.4 Å². The van der Waals surface area contributed by atoms with Crippen LogP contribution in [0.1, 0.15) is 12.8 Å². The number of hydrogen-bond donors (Lipinski definition) is 0. The highest BCUT2D eigenvalue weighted by Gasteiger charge is 2.20. The average Bonchev–Trinajstić information content (AvgIpc) is 3.16. The van der Waals surface area contributed by atoms with E-state index in [2.05, 4.69) is 27.1 Å². The maximum absolute atomic E-state index is 5.62. The van der Waals surface area contributed by atoms with Crippen molar-refractivity contribution in [1.29, 1.82) is 0 Å². The van der Waals surface area contributed by atoms with Crippen LogP contribution in [0.15, 0.2) is 35.8 Å². The third-order valence-electron chi connectivity index (χ3n) is 3.94. The van der Waals surface area contributed by atoms with E-state index < -0.39 is 0 Å². The maximum Gasteiger partial charge on any atom is 0.160 e. The largest absolute Gasteiger partial charge is 0.381 e. The first-order valence-corrected chi connectivity index (χ1v) is 8.22. The molecule has 3 aromatic rings. The summed E-state index contributed by atoms with van der Waals surface area (Å²) in [5, 5.41) is 2.09. The van der Waals surface area contributed by atoms with Gasteiger partial charge in [-0.2, -0.15) is 0 Å². The standard InChI is InChI=1S/C16H17N3OS/c1-5-13-15(17-7-1)19(10-12-4-2-8-20-11-12)16(18-13)14-6-3-9-21-14/h1,3,5-7,9,12H,2,4,8,10-11H2. The van der Waals surface area contributed by atoms with E-state index in [0.717, 1.165) is 43.2 Å². The van der Waals surface area contributed by atoms with E-state index in [4.69, 9.17) is 9.72 Å². The summed E-state index contributed by atoms with van der Waals surface area (Å²) >= 11 is 1.73. The van der Waals surface area contributed by atoms with Crippen molar-refractivity contribution in [3.05, 3.63) is 35.8 Å². The molecule has 1 aliphatic heterocycles. The third-order valence-corrected chi connectivity index (χ3v) is 4.81. The molecule has 0 saturated carbocycles. The Labute approximate surface area is 127 Å². The number of nitrogens with zero attached hydrogens (tertiary/aromatic N) is 3. The van der Waals surface area contributed by atoms with Gasteiger partial charge in [-0.15, -0.1) is 11.3 Å². The lowest BCUT2D eigenvalue weighted by molar-refractivity contribution is 0.0489. The summed E-state index contributed by atoms with van der Waals surface area (Å²) in [5.74, 6) is 1.58. The average molecular weight is 299 g/mol. The topological polar surface area (TPSA) is 39.9 Å². The van der Waals surface area contributed by atoms with Crippen molar-refractivity contribution in [2.45, 2.75) is 19.4 Å². The molecular weight excluding hydrogens is 282 g/mol. The fourth-order valence-electron chi connectivity index (χ4n) is 2.93. The second-order valence-electron chi connectivity index (χ2n) is 5.45. The van der Waals surface area contributed by atoms with Crippen molar-refractivity contribution in [3.63, 3.8) is 0 Å². The lowest BCUT2D eigenvalue weighted by Gasteiger charge is -2.23. The minimum atomic E-state index is 0.553. The smallest absolute Gasteiger partial charge is 0.160 e. The number of thiophene rings is 1. The summed E-state index contributed by atoms with van der Waals surface area (Å²) in [6.45, 7) is 2.67. The summed E-state index contributed by atoms with van der Waals surface area (Å²) in [6, 6.07) is 8.18. The Kier molecular flexibility index (Phi) is 3.45. The molecule has 0 N–H and O–H groups in total. The quantitative estimate of drug-likeness (QED) is 0.742. The second-order valence-corrected chi connectivity index (χ2v) is 6.40. The molecule has 1 atom stereocenters. The molecule has 0 spiro atoms. The van der Waals surface area contributed by atoms with E-state index in [1.807, 2.05) is 18.3 Å². The predicted molar refractivity (Wildman–Crippen MR) is 84.4 cm³/mol. The Hall–Kier alpha value is -1.72. The van der Waals surface area contributed by atoms with Crippen molar-refractivity contribution in [2.75, 3.05) is 13.2 Å². The summed E-state index contributed by atoms with van der Waals surface area (Å²) < 4.78 is 7.89. The first-order valence-electron chi connectivity index (χ1n) is 7.35. The lowest BCUT2D eigenvalue weighted by atomic mass is 10.0. The van der Waals surface area contributed by atoms with E-state index in [9.17, 15) is 0 Å². The fourth-order valence-corrected chi connectivity index (χ4v) is 3.66. The van der Waals surface area contributed by atoms with Crippen LogP contribution in [0.25, 0.3) is 21.9 Å². The number of imidazole rings is 1. The molecule has 0 radical (unpaired) electrons. The van der Waals surface area contributed by atoms with Crippen LogP contribution in [0.4, 0.5) is 0 Å². The molecule has 1 aliphatic rings. The monoisotopic (exact) mass is 299 g/mol. The van der Waals surface area contributed by atoms with Crippen LogP contribution < -0.4 is 0 Å². The van der Waals surface area contributed by atoms with Crippen molar-refractivity contribution in [3.8, 4) is 10.7 Å². The summed E-state index contributed by atoms with van der Waals surface area (Å²) in [4.78, 5) is 10.5. The molecule has 0 aliphatic carbocycles. The molecule has 0 bridgehead atoms. The molecule has 0 aromatic carbocycles. The number of rotatable bonds is 3. The van der Waals surface area contributed by atoms with Crippen LogP contribution in [-0.4, -0.2) is 27.7 Å². The van der Waals surface area contributed by atoms with Crippen molar-refractivity contribution in [2.24, 2.45) is 5.92 Å². The predicted octanol–water partition coefficient (Wildman–Crippen LogP) is 3.59. The van der Waals surface area contributed by atoms with Gasteiger partial charge in [0.1, 0.15) is 5.52 Å². The summed E-state index contributed by atoms with van der Waals surface area (Å²) in [5.41, 5.74) is 1.95. The van der Waals surface area contributed by atoms with Crippen molar-refractivity contribution >= 4 is 22.5 Å². The van der Waals surface area contributed by atoms with Gasteiger partial charge in [0.2, 0.25) is 0 Å². The van der Waals surface area contributed by atoms with E-state index in [1.54, 1.807) is 11.3 Å². The minimum Gasteiger partial charge on any atom is -0.381 e. The highest BCUT2D eigenvalue weighted by Crippen LogP contribution is 2.29. The maximum atomic E-state index is 5.62. The van der Waals surface area contributed by atoms with Gasteiger partial charge in [-0.25, -0.2) is 9.97 Å². The van der Waals surface area contributed by atoms with Gasteiger partial charge in [-0.1, -0.05) is 6.07 Å². The Morgan fingerprint density at radius 2 is 2.33 bits per heavy atom. The Bertz CT molecular complexity index is 729. The Morgan fingerprint density at radius 3 is 3.14 bits per heavy atom. The molecule has 1 unspecified atom stereocenters.